The van der Waals surface area contributed by atoms with Crippen molar-refractivity contribution in [2.45, 2.75) is 58.1 Å². The number of aromatic nitrogens is 3. The summed E-state index contributed by atoms with van der Waals surface area (Å²) in [5.74, 6) is 0.968. The molecule has 7 heteroatoms. The van der Waals surface area contributed by atoms with Gasteiger partial charge in [-0.15, -0.1) is 0 Å². The first kappa shape index (κ1) is 20.2. The molecule has 0 saturated carbocycles. The third-order valence-corrected chi connectivity index (χ3v) is 5.86. The Morgan fingerprint density at radius 1 is 1.30 bits per heavy atom. The van der Waals surface area contributed by atoms with Gasteiger partial charge in [-0.25, -0.2) is 0 Å². The van der Waals surface area contributed by atoms with E-state index >= 15 is 0 Å². The zero-order chi connectivity index (χ0) is 21.3. The van der Waals surface area contributed by atoms with Crippen LogP contribution < -0.4 is 5.32 Å². The number of fused-ring (bicyclic) bond motifs is 1. The molecule has 1 aliphatic carbocycles. The molecule has 0 radical (unpaired) electrons. The van der Waals surface area contributed by atoms with Crippen LogP contribution in [0.1, 0.15) is 72.7 Å². The number of aryl methyl sites for hydroxylation is 2. The van der Waals surface area contributed by atoms with Crippen LogP contribution in [0.5, 0.6) is 0 Å². The summed E-state index contributed by atoms with van der Waals surface area (Å²) in [7, 11) is 0. The standard InChI is InChI=1S/C23H26N4O3/c1-4-20-26-21(27-30-20)15-6-8-17-14(12-15)7-9-18(17)25-22(28)19-13-16(10-11-24-19)23(3,29)5-2/h6,8,10-13,18,29H,4-5,7,9H2,1-3H3,(H,25,28)/t18-,23?/m1/s1. The lowest BCUT2D eigenvalue weighted by atomic mass is 9.93. The summed E-state index contributed by atoms with van der Waals surface area (Å²) < 4.78 is 5.21. The van der Waals surface area contributed by atoms with Crippen molar-refractivity contribution in [3.63, 3.8) is 0 Å². The minimum absolute atomic E-state index is 0.0739. The number of carbonyl (C=O) groups is 1. The SMILES string of the molecule is CCc1nc(-c2ccc3c(c2)CC[C@H]3NC(=O)c2cc(C(C)(O)CC)ccn2)no1. The van der Waals surface area contributed by atoms with Gasteiger partial charge in [0.2, 0.25) is 11.7 Å². The number of amides is 1. The summed E-state index contributed by atoms with van der Waals surface area (Å²) in [5.41, 5.74) is 3.21. The van der Waals surface area contributed by atoms with Crippen LogP contribution in [0, 0.1) is 0 Å². The predicted octanol–water partition coefficient (Wildman–Crippen LogP) is 3.73. The molecule has 30 heavy (non-hydrogen) atoms. The van der Waals surface area contributed by atoms with E-state index in [0.717, 1.165) is 24.0 Å². The molecular weight excluding hydrogens is 380 g/mol. The smallest absolute Gasteiger partial charge is 0.270 e. The van der Waals surface area contributed by atoms with E-state index in [1.165, 1.54) is 5.56 Å². The van der Waals surface area contributed by atoms with Gasteiger partial charge in [-0.2, -0.15) is 4.98 Å². The molecule has 1 aliphatic rings. The predicted molar refractivity (Wildman–Crippen MR) is 112 cm³/mol. The summed E-state index contributed by atoms with van der Waals surface area (Å²) in [5, 5.41) is 17.6. The van der Waals surface area contributed by atoms with Crippen LogP contribution in [0.3, 0.4) is 0 Å². The highest BCUT2D eigenvalue weighted by Gasteiger charge is 2.27. The molecule has 1 unspecified atom stereocenters. The van der Waals surface area contributed by atoms with Crippen LogP contribution in [0.15, 0.2) is 41.1 Å². The van der Waals surface area contributed by atoms with Crippen molar-refractivity contribution in [1.29, 1.82) is 0 Å². The van der Waals surface area contributed by atoms with E-state index in [9.17, 15) is 9.90 Å². The third kappa shape index (κ3) is 3.85. The number of benzene rings is 1. The van der Waals surface area contributed by atoms with Crippen LogP contribution in [0.25, 0.3) is 11.4 Å². The van der Waals surface area contributed by atoms with Crippen molar-refractivity contribution in [3.8, 4) is 11.4 Å². The average molecular weight is 406 g/mol. The summed E-state index contributed by atoms with van der Waals surface area (Å²) in [6.45, 7) is 5.62. The fraction of sp³-hybridized carbons (Fsp3) is 0.391. The van der Waals surface area contributed by atoms with Gasteiger partial charge in [-0.05, 0) is 61.1 Å². The fourth-order valence-corrected chi connectivity index (χ4v) is 3.75. The third-order valence-electron chi connectivity index (χ3n) is 5.86. The number of nitrogens with zero attached hydrogens (tertiary/aromatic N) is 3. The van der Waals surface area contributed by atoms with Crippen molar-refractivity contribution < 1.29 is 14.4 Å². The zero-order valence-electron chi connectivity index (χ0n) is 17.5. The van der Waals surface area contributed by atoms with Gasteiger partial charge in [-0.3, -0.25) is 9.78 Å². The number of hydrogen-bond donors (Lipinski definition) is 2. The lowest BCUT2D eigenvalue weighted by molar-refractivity contribution is 0.0529. The molecule has 2 N–H and O–H groups in total. The second kappa shape index (κ2) is 7.99. The van der Waals surface area contributed by atoms with Crippen LogP contribution in [0.4, 0.5) is 0 Å². The van der Waals surface area contributed by atoms with Gasteiger partial charge in [0, 0.05) is 18.2 Å². The number of aliphatic hydroxyl groups is 1. The molecule has 0 bridgehead atoms. The molecule has 2 aromatic heterocycles. The van der Waals surface area contributed by atoms with Crippen molar-refractivity contribution in [1.82, 2.24) is 20.4 Å². The number of carbonyl (C=O) groups excluding carboxylic acids is 1. The summed E-state index contributed by atoms with van der Waals surface area (Å²) in [6, 6.07) is 9.40. The van der Waals surface area contributed by atoms with Gasteiger partial charge in [0.1, 0.15) is 5.69 Å². The topological polar surface area (TPSA) is 101 Å². The molecule has 4 rings (SSSR count). The Balaban J connectivity index is 1.51. The van der Waals surface area contributed by atoms with Crippen molar-refractivity contribution >= 4 is 5.91 Å². The van der Waals surface area contributed by atoms with E-state index < -0.39 is 5.60 Å². The van der Waals surface area contributed by atoms with Gasteiger partial charge in [0.15, 0.2) is 0 Å². The number of rotatable bonds is 6. The molecule has 0 spiro atoms. The summed E-state index contributed by atoms with van der Waals surface area (Å²) >= 11 is 0. The van der Waals surface area contributed by atoms with E-state index in [4.69, 9.17) is 4.52 Å². The minimum atomic E-state index is -0.985. The highest BCUT2D eigenvalue weighted by atomic mass is 16.5. The first-order valence-electron chi connectivity index (χ1n) is 10.4. The van der Waals surface area contributed by atoms with Crippen LogP contribution in [-0.2, 0) is 18.4 Å². The Bertz CT molecular complexity index is 1070. The number of nitrogens with one attached hydrogen (secondary N) is 1. The molecule has 156 valence electrons. The first-order valence-corrected chi connectivity index (χ1v) is 10.4. The molecule has 0 aliphatic heterocycles. The van der Waals surface area contributed by atoms with E-state index in [2.05, 4.69) is 26.5 Å². The minimum Gasteiger partial charge on any atom is -0.385 e. The van der Waals surface area contributed by atoms with E-state index in [0.29, 0.717) is 35.8 Å². The number of pyridine rings is 1. The lowest BCUT2D eigenvalue weighted by Gasteiger charge is -2.22. The number of hydrogen-bond acceptors (Lipinski definition) is 6. The monoisotopic (exact) mass is 406 g/mol. The van der Waals surface area contributed by atoms with E-state index in [1.54, 1.807) is 25.3 Å². The van der Waals surface area contributed by atoms with Gasteiger partial charge < -0.3 is 14.9 Å². The second-order valence-electron chi connectivity index (χ2n) is 7.90. The largest absolute Gasteiger partial charge is 0.385 e. The summed E-state index contributed by atoms with van der Waals surface area (Å²) in [6.07, 6.45) is 4.51. The Labute approximate surface area is 175 Å². The van der Waals surface area contributed by atoms with Crippen LogP contribution in [-0.4, -0.2) is 26.1 Å². The van der Waals surface area contributed by atoms with Crippen molar-refractivity contribution in [3.05, 3.63) is 64.8 Å². The Morgan fingerprint density at radius 2 is 2.13 bits per heavy atom. The first-order chi connectivity index (χ1) is 14.4. The highest BCUT2D eigenvalue weighted by molar-refractivity contribution is 5.92. The van der Waals surface area contributed by atoms with Crippen molar-refractivity contribution in [2.75, 3.05) is 0 Å². The van der Waals surface area contributed by atoms with Gasteiger partial charge >= 0.3 is 0 Å². The maximum atomic E-state index is 12.8. The Morgan fingerprint density at radius 3 is 2.87 bits per heavy atom. The molecule has 0 fully saturated rings. The molecular formula is C23H26N4O3. The molecule has 2 atom stereocenters. The lowest BCUT2D eigenvalue weighted by Crippen LogP contribution is -2.28. The summed E-state index contributed by atoms with van der Waals surface area (Å²) in [4.78, 5) is 21.4. The van der Waals surface area contributed by atoms with E-state index in [1.807, 2.05) is 26.0 Å². The maximum absolute atomic E-state index is 12.8. The molecule has 2 heterocycles. The van der Waals surface area contributed by atoms with Gasteiger partial charge in [-0.1, -0.05) is 31.1 Å². The van der Waals surface area contributed by atoms with Crippen LogP contribution >= 0.6 is 0 Å². The molecule has 3 aromatic rings. The maximum Gasteiger partial charge on any atom is 0.270 e. The molecule has 1 aromatic carbocycles. The quantitative estimate of drug-likeness (QED) is 0.647. The fourth-order valence-electron chi connectivity index (χ4n) is 3.75. The van der Waals surface area contributed by atoms with Crippen molar-refractivity contribution in [2.24, 2.45) is 0 Å². The Hall–Kier alpha value is -3.06. The van der Waals surface area contributed by atoms with Gasteiger partial charge in [0.05, 0.1) is 11.6 Å². The molecule has 7 nitrogen and oxygen atoms in total. The van der Waals surface area contributed by atoms with Crippen LogP contribution in [0.2, 0.25) is 0 Å². The highest BCUT2D eigenvalue weighted by Crippen LogP contribution is 2.34. The zero-order valence-corrected chi connectivity index (χ0v) is 17.5. The average Bonchev–Trinajstić information content (AvgIpc) is 3.40. The van der Waals surface area contributed by atoms with Gasteiger partial charge in [0.25, 0.3) is 5.91 Å². The second-order valence-corrected chi connectivity index (χ2v) is 7.90. The Kier molecular flexibility index (Phi) is 5.39. The van der Waals surface area contributed by atoms with E-state index in [-0.39, 0.29) is 11.9 Å². The molecule has 1 amide bonds. The molecule has 0 saturated heterocycles. The normalized spacial score (nSPS) is 17.4.